The molecule has 2 aromatic heterocycles. The van der Waals surface area contributed by atoms with Crippen LogP contribution in [0, 0.1) is 0 Å². The largest absolute Gasteiger partial charge is 0.451 e. The third kappa shape index (κ3) is 4.84. The Morgan fingerprint density at radius 1 is 1.06 bits per heavy atom. The van der Waals surface area contributed by atoms with Crippen LogP contribution < -0.4 is 5.32 Å². The van der Waals surface area contributed by atoms with Crippen LogP contribution in [0.4, 0.5) is 40.9 Å². The van der Waals surface area contributed by atoms with Gasteiger partial charge in [0.2, 0.25) is 5.82 Å². The second-order valence-electron chi connectivity index (χ2n) is 7.15. The molecule has 0 saturated carbocycles. The summed E-state index contributed by atoms with van der Waals surface area (Å²) in [5, 5.41) is 4.84. The maximum absolute atomic E-state index is 13.7. The van der Waals surface area contributed by atoms with E-state index >= 15 is 0 Å². The van der Waals surface area contributed by atoms with Gasteiger partial charge >= 0.3 is 12.4 Å². The summed E-state index contributed by atoms with van der Waals surface area (Å²) in [5.41, 5.74) is -3.63. The molecule has 184 valence electrons. The topological polar surface area (TPSA) is 68.2 Å². The summed E-state index contributed by atoms with van der Waals surface area (Å²) in [7, 11) is 0. The molecule has 0 bridgehead atoms. The second-order valence-corrected chi connectivity index (χ2v) is 7.96. The fourth-order valence-corrected chi connectivity index (χ4v) is 3.79. The van der Waals surface area contributed by atoms with Crippen LogP contribution in [0.2, 0.25) is 10.0 Å². The van der Waals surface area contributed by atoms with Crippen molar-refractivity contribution >= 4 is 40.1 Å². The first-order chi connectivity index (χ1) is 15.8. The summed E-state index contributed by atoms with van der Waals surface area (Å²) < 4.78 is 112. The van der Waals surface area contributed by atoms with E-state index < -0.39 is 56.9 Å². The lowest BCUT2D eigenvalue weighted by atomic mass is 10.2. The van der Waals surface area contributed by atoms with E-state index in [9.17, 15) is 35.1 Å². The highest BCUT2D eigenvalue weighted by atomic mass is 35.5. The van der Waals surface area contributed by atoms with Crippen LogP contribution in [0.3, 0.4) is 0 Å². The second kappa shape index (κ2) is 8.64. The lowest BCUT2D eigenvalue weighted by Gasteiger charge is -2.15. The Bertz CT molecular complexity index is 1220. The molecule has 0 amide bonds. The van der Waals surface area contributed by atoms with Crippen LogP contribution in [0.25, 0.3) is 16.7 Å². The van der Waals surface area contributed by atoms with Gasteiger partial charge in [0.15, 0.2) is 5.65 Å². The highest BCUT2D eigenvalue weighted by molar-refractivity contribution is 6.38. The number of rotatable bonds is 6. The smallest absolute Gasteiger partial charge is 0.373 e. The van der Waals surface area contributed by atoms with E-state index in [1.54, 1.807) is 0 Å². The summed E-state index contributed by atoms with van der Waals surface area (Å²) in [6.07, 6.45) is -13.1. The van der Waals surface area contributed by atoms with Crippen LogP contribution >= 0.6 is 23.2 Å². The molecular weight excluding hydrogens is 525 g/mol. The molecule has 0 spiro atoms. The minimum absolute atomic E-state index is 0.0883. The number of benzene rings is 1. The number of anilines is 1. The Labute approximate surface area is 194 Å². The molecule has 1 aliphatic heterocycles. The molecule has 0 radical (unpaired) electrons. The first kappa shape index (κ1) is 24.7. The number of fused-ring (bicyclic) bond motifs is 1. The summed E-state index contributed by atoms with van der Waals surface area (Å²) in [6, 6.07) is 1.05. The molecule has 1 aromatic carbocycles. The van der Waals surface area contributed by atoms with Gasteiger partial charge in [0.1, 0.15) is 17.2 Å². The van der Waals surface area contributed by atoms with E-state index in [4.69, 9.17) is 27.9 Å². The van der Waals surface area contributed by atoms with Crippen LogP contribution in [0.5, 0.6) is 0 Å². The Hall–Kier alpha value is -2.45. The molecule has 1 N–H and O–H groups in total. The lowest BCUT2D eigenvalue weighted by molar-refractivity contribution is -0.145. The predicted molar refractivity (Wildman–Crippen MR) is 104 cm³/mol. The van der Waals surface area contributed by atoms with Gasteiger partial charge in [-0.3, -0.25) is 0 Å². The monoisotopic (exact) mass is 535 g/mol. The van der Waals surface area contributed by atoms with Crippen LogP contribution in [-0.2, 0) is 17.1 Å². The SMILES string of the molecule is FC(F)c1nc(C(F)(F)F)nc2nn(-c3c(Cl)cc(C(F)(F)F)cc3Cl)c(NCCC3CO3)c12. The van der Waals surface area contributed by atoms with Gasteiger partial charge in [-0.25, -0.2) is 23.4 Å². The van der Waals surface area contributed by atoms with E-state index in [-0.39, 0.29) is 24.2 Å². The van der Waals surface area contributed by atoms with Crippen molar-refractivity contribution in [3.63, 3.8) is 0 Å². The third-order valence-electron chi connectivity index (χ3n) is 4.74. The summed E-state index contributed by atoms with van der Waals surface area (Å²) in [5.74, 6) is -2.18. The maximum Gasteiger partial charge on any atom is 0.451 e. The van der Waals surface area contributed by atoms with Crippen molar-refractivity contribution in [1.82, 2.24) is 19.7 Å². The van der Waals surface area contributed by atoms with Crippen molar-refractivity contribution in [2.75, 3.05) is 18.5 Å². The number of aromatic nitrogens is 4. The molecule has 34 heavy (non-hydrogen) atoms. The summed E-state index contributed by atoms with van der Waals surface area (Å²) in [4.78, 5) is 6.20. The third-order valence-corrected chi connectivity index (χ3v) is 5.31. The molecule has 1 fully saturated rings. The van der Waals surface area contributed by atoms with Crippen molar-refractivity contribution < 1.29 is 39.9 Å². The molecule has 4 rings (SSSR count). The Morgan fingerprint density at radius 2 is 1.68 bits per heavy atom. The Balaban J connectivity index is 1.96. The molecule has 3 heterocycles. The molecule has 1 saturated heterocycles. The maximum atomic E-state index is 13.7. The molecule has 16 heteroatoms. The Kier molecular flexibility index (Phi) is 6.27. The van der Waals surface area contributed by atoms with Crippen molar-refractivity contribution in [1.29, 1.82) is 0 Å². The first-order valence-electron chi connectivity index (χ1n) is 9.35. The zero-order chi connectivity index (χ0) is 25.0. The van der Waals surface area contributed by atoms with Gasteiger partial charge in [-0.05, 0) is 18.6 Å². The first-order valence-corrected chi connectivity index (χ1v) is 10.1. The van der Waals surface area contributed by atoms with Gasteiger partial charge in [-0.2, -0.15) is 26.3 Å². The van der Waals surface area contributed by atoms with Crippen molar-refractivity contribution in [2.24, 2.45) is 0 Å². The molecule has 0 aliphatic carbocycles. The molecule has 3 aromatic rings. The summed E-state index contributed by atoms with van der Waals surface area (Å²) >= 11 is 12.0. The normalized spacial score (nSPS) is 16.5. The minimum atomic E-state index is -5.16. The van der Waals surface area contributed by atoms with Gasteiger partial charge < -0.3 is 10.1 Å². The number of epoxide rings is 1. The fraction of sp³-hybridized carbons (Fsp3) is 0.389. The van der Waals surface area contributed by atoms with Gasteiger partial charge in [-0.15, -0.1) is 5.10 Å². The summed E-state index contributed by atoms with van der Waals surface area (Å²) in [6.45, 7) is 0.559. The Morgan fingerprint density at radius 3 is 2.18 bits per heavy atom. The number of hydrogen-bond acceptors (Lipinski definition) is 5. The van der Waals surface area contributed by atoms with Gasteiger partial charge in [0.05, 0.1) is 33.7 Å². The molecule has 1 atom stereocenters. The van der Waals surface area contributed by atoms with Gasteiger partial charge in [0.25, 0.3) is 6.43 Å². The number of nitrogens with one attached hydrogen (secondary N) is 1. The van der Waals surface area contributed by atoms with Crippen LogP contribution in [0.1, 0.15) is 29.9 Å². The lowest BCUT2D eigenvalue weighted by Crippen LogP contribution is -2.14. The van der Waals surface area contributed by atoms with Crippen molar-refractivity contribution in [3.8, 4) is 5.69 Å². The minimum Gasteiger partial charge on any atom is -0.373 e. The van der Waals surface area contributed by atoms with Gasteiger partial charge in [-0.1, -0.05) is 23.2 Å². The number of nitrogens with zero attached hydrogens (tertiary/aromatic N) is 4. The average Bonchev–Trinajstić information content (AvgIpc) is 3.46. The van der Waals surface area contributed by atoms with Gasteiger partial charge in [0, 0.05) is 6.54 Å². The quantitative estimate of drug-likeness (QED) is 0.296. The van der Waals surface area contributed by atoms with E-state index in [1.807, 2.05) is 0 Å². The van der Waals surface area contributed by atoms with Crippen LogP contribution in [-0.4, -0.2) is 39.0 Å². The molecular formula is C18H11Cl2F8N5O. The number of ether oxygens (including phenoxy) is 1. The molecule has 6 nitrogen and oxygen atoms in total. The van der Waals surface area contributed by atoms with E-state index in [0.29, 0.717) is 25.2 Å². The van der Waals surface area contributed by atoms with Crippen molar-refractivity contribution in [2.45, 2.75) is 31.3 Å². The average molecular weight is 536 g/mol. The van der Waals surface area contributed by atoms with Crippen LogP contribution in [0.15, 0.2) is 12.1 Å². The standard InChI is InChI=1S/C18H11Cl2F8N5O/c19-8-3-6(17(23,24)25)4-9(20)12(8)33-15(29-2-1-7-5-34-7)10-11(13(21)22)30-16(18(26,27)28)31-14(10)32-33/h3-4,7,13,29H,1-2,5H2. The fourth-order valence-electron chi connectivity index (χ4n) is 3.14. The van der Waals surface area contributed by atoms with E-state index in [0.717, 1.165) is 4.68 Å². The predicted octanol–water partition coefficient (Wildman–Crippen LogP) is 6.30. The van der Waals surface area contributed by atoms with Crippen molar-refractivity contribution in [3.05, 3.63) is 39.3 Å². The molecule has 1 unspecified atom stereocenters. The number of halogens is 10. The number of alkyl halides is 8. The van der Waals surface area contributed by atoms with E-state index in [2.05, 4.69) is 20.4 Å². The van der Waals surface area contributed by atoms with E-state index in [1.165, 1.54) is 0 Å². The highest BCUT2D eigenvalue weighted by Gasteiger charge is 2.38. The molecule has 1 aliphatic rings. The number of hydrogen-bond donors (Lipinski definition) is 1. The zero-order valence-corrected chi connectivity index (χ0v) is 17.9. The highest BCUT2D eigenvalue weighted by Crippen LogP contribution is 2.41. The zero-order valence-electron chi connectivity index (χ0n) is 16.4.